The van der Waals surface area contributed by atoms with Gasteiger partial charge in [0, 0.05) is 6.42 Å². The summed E-state index contributed by atoms with van der Waals surface area (Å²) in [7, 11) is 0. The van der Waals surface area contributed by atoms with E-state index < -0.39 is 11.9 Å². The number of hydrogen-bond acceptors (Lipinski definition) is 2. The molecule has 82 valence electrons. The highest BCUT2D eigenvalue weighted by atomic mass is 16.2. The first-order valence-corrected chi connectivity index (χ1v) is 4.77. The molecule has 2 amide bonds. The number of primary amides is 1. The molecule has 0 aromatic heterocycles. The Morgan fingerprint density at radius 1 is 1.36 bits per heavy atom. The Morgan fingerprint density at radius 3 is 2.21 bits per heavy atom. The van der Waals surface area contributed by atoms with Gasteiger partial charge in [0.15, 0.2) is 6.04 Å². The molecule has 0 aromatic carbocycles. The molecule has 0 unspecified atom stereocenters. The fourth-order valence-electron chi connectivity index (χ4n) is 1.08. The lowest BCUT2D eigenvalue weighted by molar-refractivity contribution is -0.406. The van der Waals surface area contributed by atoms with Gasteiger partial charge in [-0.2, -0.15) is 0 Å². The van der Waals surface area contributed by atoms with Crippen LogP contribution in [0.25, 0.3) is 0 Å². The molecule has 0 saturated heterocycles. The van der Waals surface area contributed by atoms with Crippen molar-refractivity contribution in [2.24, 2.45) is 11.7 Å². The Balaban J connectivity index is 4.01. The third-order valence-electron chi connectivity index (χ3n) is 1.91. The van der Waals surface area contributed by atoms with Gasteiger partial charge in [0.05, 0.1) is 0 Å². The minimum Gasteiger partial charge on any atom is -0.368 e. The van der Waals surface area contributed by atoms with Crippen LogP contribution in [0.1, 0.15) is 27.2 Å². The van der Waals surface area contributed by atoms with Crippen molar-refractivity contribution < 1.29 is 15.3 Å². The first-order chi connectivity index (χ1) is 6.34. The molecule has 0 aliphatic rings. The lowest BCUT2D eigenvalue weighted by Crippen LogP contribution is -2.68. The summed E-state index contributed by atoms with van der Waals surface area (Å²) in [5.41, 5.74) is 8.74. The van der Waals surface area contributed by atoms with Crippen LogP contribution >= 0.6 is 0 Å². The average Bonchev–Trinajstić information content (AvgIpc) is 2.02. The molecule has 14 heavy (non-hydrogen) atoms. The number of nitrogens with two attached hydrogens (primary N) is 1. The molecular formula is C9H20N3O2+. The van der Waals surface area contributed by atoms with E-state index in [1.807, 2.05) is 13.8 Å². The molecular weight excluding hydrogens is 182 g/mol. The Bertz CT molecular complexity index is 216. The smallest absolute Gasteiger partial charge is 0.278 e. The SMILES string of the molecule is CC(C)C[C@H]([NH3+])C(=O)N[C@@H](C)C(N)=O. The molecule has 0 radical (unpaired) electrons. The number of rotatable bonds is 5. The molecule has 0 saturated carbocycles. The summed E-state index contributed by atoms with van der Waals surface area (Å²) in [6.07, 6.45) is 0.706. The first kappa shape index (κ1) is 12.9. The maximum absolute atomic E-state index is 11.4. The molecule has 0 bridgehead atoms. The fraction of sp³-hybridized carbons (Fsp3) is 0.778. The highest BCUT2D eigenvalue weighted by Gasteiger charge is 2.21. The van der Waals surface area contributed by atoms with Crippen molar-refractivity contribution in [1.29, 1.82) is 0 Å². The van der Waals surface area contributed by atoms with Crippen molar-refractivity contribution in [3.63, 3.8) is 0 Å². The van der Waals surface area contributed by atoms with E-state index in [2.05, 4.69) is 11.1 Å². The highest BCUT2D eigenvalue weighted by Crippen LogP contribution is 2.01. The van der Waals surface area contributed by atoms with E-state index in [4.69, 9.17) is 5.73 Å². The zero-order valence-corrected chi connectivity index (χ0v) is 9.04. The number of quaternary nitrogens is 1. The number of nitrogens with one attached hydrogen (secondary N) is 1. The van der Waals surface area contributed by atoms with Crippen LogP contribution < -0.4 is 16.8 Å². The summed E-state index contributed by atoms with van der Waals surface area (Å²) in [6.45, 7) is 5.59. The van der Waals surface area contributed by atoms with Crippen LogP contribution in [-0.2, 0) is 9.59 Å². The van der Waals surface area contributed by atoms with E-state index in [0.29, 0.717) is 12.3 Å². The number of carbonyl (C=O) groups is 2. The number of carbonyl (C=O) groups excluding carboxylic acids is 2. The predicted octanol–water partition coefficient (Wildman–Crippen LogP) is -1.37. The summed E-state index contributed by atoms with van der Waals surface area (Å²) >= 11 is 0. The molecule has 0 rings (SSSR count). The summed E-state index contributed by atoms with van der Waals surface area (Å²) < 4.78 is 0. The third kappa shape index (κ3) is 4.81. The van der Waals surface area contributed by atoms with Gasteiger partial charge in [-0.1, -0.05) is 13.8 Å². The van der Waals surface area contributed by atoms with Crippen LogP contribution in [0.2, 0.25) is 0 Å². The van der Waals surface area contributed by atoms with E-state index in [1.54, 1.807) is 6.92 Å². The van der Waals surface area contributed by atoms with Crippen molar-refractivity contribution in [1.82, 2.24) is 5.32 Å². The topological polar surface area (TPSA) is 99.8 Å². The number of hydrogen-bond donors (Lipinski definition) is 3. The summed E-state index contributed by atoms with van der Waals surface area (Å²) in [4.78, 5) is 22.1. The highest BCUT2D eigenvalue weighted by molar-refractivity contribution is 5.87. The van der Waals surface area contributed by atoms with Gasteiger partial charge in [-0.25, -0.2) is 0 Å². The average molecular weight is 202 g/mol. The molecule has 5 heteroatoms. The molecule has 5 nitrogen and oxygen atoms in total. The maximum atomic E-state index is 11.4. The minimum atomic E-state index is -0.626. The van der Waals surface area contributed by atoms with E-state index in [0.717, 1.165) is 0 Å². The Labute approximate surface area is 84.2 Å². The van der Waals surface area contributed by atoms with E-state index in [9.17, 15) is 9.59 Å². The Kier molecular flexibility index (Phi) is 5.15. The van der Waals surface area contributed by atoms with Crippen LogP contribution in [0, 0.1) is 5.92 Å². The van der Waals surface area contributed by atoms with Gasteiger partial charge < -0.3 is 16.8 Å². The summed E-state index contributed by atoms with van der Waals surface area (Å²) in [5, 5.41) is 2.51. The van der Waals surface area contributed by atoms with Crippen molar-refractivity contribution in [2.45, 2.75) is 39.3 Å². The second-order valence-corrected chi connectivity index (χ2v) is 3.96. The fourth-order valence-corrected chi connectivity index (χ4v) is 1.08. The lowest BCUT2D eigenvalue weighted by Gasteiger charge is -2.14. The monoisotopic (exact) mass is 202 g/mol. The van der Waals surface area contributed by atoms with Gasteiger partial charge in [-0.15, -0.1) is 0 Å². The normalized spacial score (nSPS) is 14.9. The van der Waals surface area contributed by atoms with Crippen molar-refractivity contribution >= 4 is 11.8 Å². The molecule has 0 heterocycles. The molecule has 0 aromatic rings. The lowest BCUT2D eigenvalue weighted by atomic mass is 10.0. The Hall–Kier alpha value is -1.10. The van der Waals surface area contributed by atoms with Gasteiger partial charge in [0.2, 0.25) is 5.91 Å². The van der Waals surface area contributed by atoms with Gasteiger partial charge in [0.25, 0.3) is 5.91 Å². The molecule has 0 spiro atoms. The standard InChI is InChI=1S/C9H19N3O2/c1-5(2)4-7(10)9(14)12-6(3)8(11)13/h5-7H,4,10H2,1-3H3,(H2,11,13)(H,12,14)/p+1/t6-,7-/m0/s1. The molecule has 2 atom stereocenters. The molecule has 0 aliphatic heterocycles. The van der Waals surface area contributed by atoms with Gasteiger partial charge in [0.1, 0.15) is 6.04 Å². The quantitative estimate of drug-likeness (QED) is 0.512. The zero-order chi connectivity index (χ0) is 11.3. The van der Waals surface area contributed by atoms with Gasteiger partial charge in [-0.3, -0.25) is 9.59 Å². The van der Waals surface area contributed by atoms with Crippen molar-refractivity contribution in [3.8, 4) is 0 Å². The summed E-state index contributed by atoms with van der Waals surface area (Å²) in [5.74, 6) is -0.341. The Morgan fingerprint density at radius 2 is 1.86 bits per heavy atom. The van der Waals surface area contributed by atoms with E-state index >= 15 is 0 Å². The zero-order valence-electron chi connectivity index (χ0n) is 9.04. The molecule has 0 fully saturated rings. The van der Waals surface area contributed by atoms with Gasteiger partial charge >= 0.3 is 0 Å². The van der Waals surface area contributed by atoms with Crippen LogP contribution in [0.3, 0.4) is 0 Å². The van der Waals surface area contributed by atoms with Crippen LogP contribution in [0.15, 0.2) is 0 Å². The second-order valence-electron chi connectivity index (χ2n) is 3.96. The molecule has 6 N–H and O–H groups in total. The van der Waals surface area contributed by atoms with Crippen molar-refractivity contribution in [3.05, 3.63) is 0 Å². The first-order valence-electron chi connectivity index (χ1n) is 4.77. The van der Waals surface area contributed by atoms with Gasteiger partial charge in [-0.05, 0) is 12.8 Å². The summed E-state index contributed by atoms with van der Waals surface area (Å²) in [6, 6.07) is -0.948. The minimum absolute atomic E-state index is 0.218. The van der Waals surface area contributed by atoms with Crippen LogP contribution in [-0.4, -0.2) is 23.9 Å². The van der Waals surface area contributed by atoms with Crippen LogP contribution in [0.4, 0.5) is 0 Å². The predicted molar refractivity (Wildman–Crippen MR) is 52.9 cm³/mol. The number of amides is 2. The second kappa shape index (κ2) is 5.59. The third-order valence-corrected chi connectivity index (χ3v) is 1.91. The maximum Gasteiger partial charge on any atom is 0.278 e. The van der Waals surface area contributed by atoms with E-state index in [-0.39, 0.29) is 11.9 Å². The van der Waals surface area contributed by atoms with Crippen LogP contribution in [0.5, 0.6) is 0 Å². The molecule has 0 aliphatic carbocycles. The van der Waals surface area contributed by atoms with Crippen molar-refractivity contribution in [2.75, 3.05) is 0 Å². The largest absolute Gasteiger partial charge is 0.368 e. The van der Waals surface area contributed by atoms with E-state index in [1.165, 1.54) is 0 Å².